The number of alkyl halides is 3. The molecule has 0 radical (unpaired) electrons. The third kappa shape index (κ3) is 11.9. The first-order valence-corrected chi connectivity index (χ1v) is 14.2. The molecule has 5 amide bonds. The molecular weight excluding hydrogens is 617 g/mol. The zero-order chi connectivity index (χ0) is 31.4. The van der Waals surface area contributed by atoms with Crippen LogP contribution in [0.15, 0.2) is 30.3 Å². The number of carboxylic acids is 1. The van der Waals surface area contributed by atoms with Crippen LogP contribution in [0, 0.1) is 5.92 Å². The van der Waals surface area contributed by atoms with Crippen molar-refractivity contribution in [3.63, 3.8) is 0 Å². The summed E-state index contributed by atoms with van der Waals surface area (Å²) in [6.07, 6.45) is -0.0535. The van der Waals surface area contributed by atoms with Crippen LogP contribution in [-0.4, -0.2) is 93.9 Å². The van der Waals surface area contributed by atoms with Gasteiger partial charge in [-0.1, -0.05) is 66.8 Å². The van der Waals surface area contributed by atoms with Gasteiger partial charge < -0.3 is 36.0 Å². The minimum absolute atomic E-state index is 0.0409. The molecular formula is C26H34Cl3N5O8. The van der Waals surface area contributed by atoms with Crippen LogP contribution in [0.3, 0.4) is 0 Å². The van der Waals surface area contributed by atoms with Crippen LogP contribution in [0.4, 0.5) is 4.79 Å². The zero-order valence-electron chi connectivity index (χ0n) is 23.0. The van der Waals surface area contributed by atoms with Crippen molar-refractivity contribution in [3.05, 3.63) is 35.9 Å². The van der Waals surface area contributed by atoms with Gasteiger partial charge in [0, 0.05) is 18.7 Å². The molecule has 0 unspecified atom stereocenters. The quantitative estimate of drug-likeness (QED) is 0.200. The zero-order valence-corrected chi connectivity index (χ0v) is 25.3. The minimum atomic E-state index is -1.90. The highest BCUT2D eigenvalue weighted by Crippen LogP contribution is 2.25. The van der Waals surface area contributed by atoms with Gasteiger partial charge in [0.15, 0.2) is 0 Å². The summed E-state index contributed by atoms with van der Waals surface area (Å²) in [5.41, 5.74) is 0.392. The Kier molecular flexibility index (Phi) is 13.6. The summed E-state index contributed by atoms with van der Waals surface area (Å²) in [6.45, 7) is 2.49. The number of carbonyl (C=O) groups is 6. The van der Waals surface area contributed by atoms with Gasteiger partial charge in [0.05, 0.1) is 6.54 Å². The Hall–Kier alpha value is -3.29. The molecule has 0 bridgehead atoms. The number of nitrogens with one attached hydrogen (secondary N) is 4. The number of carbonyl (C=O) groups excluding carboxylic acids is 5. The molecule has 16 heteroatoms. The van der Waals surface area contributed by atoms with Crippen LogP contribution < -0.4 is 21.3 Å². The van der Waals surface area contributed by atoms with Crippen molar-refractivity contribution in [2.45, 2.75) is 55.0 Å². The van der Waals surface area contributed by atoms with Gasteiger partial charge in [-0.15, -0.1) is 0 Å². The van der Waals surface area contributed by atoms with Crippen molar-refractivity contribution in [3.8, 4) is 0 Å². The number of ether oxygens (including phenoxy) is 1. The topological polar surface area (TPSA) is 183 Å². The average molecular weight is 651 g/mol. The average Bonchev–Trinajstić information content (AvgIpc) is 3.42. The molecule has 2 rings (SSSR count). The maximum Gasteiger partial charge on any atom is 0.408 e. The summed E-state index contributed by atoms with van der Waals surface area (Å²) in [4.78, 5) is 76.1. The normalized spacial score (nSPS) is 16.2. The molecule has 13 nitrogen and oxygen atoms in total. The van der Waals surface area contributed by atoms with Crippen LogP contribution in [-0.2, 0) is 23.9 Å². The fraction of sp³-hybridized carbons (Fsp3) is 0.538. The maximum atomic E-state index is 13.2. The van der Waals surface area contributed by atoms with Crippen LogP contribution in [0.1, 0.15) is 43.5 Å². The lowest BCUT2D eigenvalue weighted by molar-refractivity contribution is -0.139. The van der Waals surface area contributed by atoms with E-state index in [4.69, 9.17) is 34.8 Å². The SMILES string of the molecule is CC(C)C[C@H](NC(=O)[C@@H]1CCCN1C(=O)CNC(=O)c1ccccc1)C(=O)NC[C@H](NC(=O)OCC(Cl)(Cl)Cl)C(=O)O. The summed E-state index contributed by atoms with van der Waals surface area (Å²) < 4.78 is 2.75. The van der Waals surface area contributed by atoms with E-state index in [1.165, 1.54) is 4.90 Å². The summed E-state index contributed by atoms with van der Waals surface area (Å²) in [6, 6.07) is 4.88. The molecule has 1 aromatic rings. The molecule has 42 heavy (non-hydrogen) atoms. The predicted octanol–water partition coefficient (Wildman–Crippen LogP) is 1.60. The molecule has 1 saturated heterocycles. The van der Waals surface area contributed by atoms with Gasteiger partial charge >= 0.3 is 12.1 Å². The summed E-state index contributed by atoms with van der Waals surface area (Å²) in [7, 11) is 0. The molecule has 1 aliphatic heterocycles. The molecule has 0 aromatic heterocycles. The highest BCUT2D eigenvalue weighted by atomic mass is 35.6. The van der Waals surface area contributed by atoms with E-state index in [9.17, 15) is 33.9 Å². The molecule has 0 spiro atoms. The van der Waals surface area contributed by atoms with Crippen LogP contribution in [0.2, 0.25) is 0 Å². The lowest BCUT2D eigenvalue weighted by Gasteiger charge is -2.27. The third-order valence-electron chi connectivity index (χ3n) is 6.09. The molecule has 0 aliphatic carbocycles. The lowest BCUT2D eigenvalue weighted by atomic mass is 10.0. The van der Waals surface area contributed by atoms with Gasteiger partial charge in [0.1, 0.15) is 24.7 Å². The molecule has 0 saturated carbocycles. The molecule has 5 N–H and O–H groups in total. The van der Waals surface area contributed by atoms with Gasteiger partial charge in [0.2, 0.25) is 21.5 Å². The number of carboxylic acid groups (broad SMARTS) is 1. The minimum Gasteiger partial charge on any atom is -0.480 e. The van der Waals surface area contributed by atoms with E-state index >= 15 is 0 Å². The smallest absolute Gasteiger partial charge is 0.408 e. The van der Waals surface area contributed by atoms with E-state index in [2.05, 4.69) is 20.7 Å². The predicted molar refractivity (Wildman–Crippen MR) is 154 cm³/mol. The third-order valence-corrected chi connectivity index (χ3v) is 6.42. The Balaban J connectivity index is 1.97. The monoisotopic (exact) mass is 649 g/mol. The van der Waals surface area contributed by atoms with Crippen molar-refractivity contribution in [2.75, 3.05) is 26.2 Å². The molecule has 232 valence electrons. The number of hydrogen-bond acceptors (Lipinski definition) is 7. The van der Waals surface area contributed by atoms with E-state index in [-0.39, 0.29) is 18.9 Å². The van der Waals surface area contributed by atoms with E-state index in [0.717, 1.165) is 0 Å². The number of amides is 5. The highest BCUT2D eigenvalue weighted by Gasteiger charge is 2.36. The largest absolute Gasteiger partial charge is 0.480 e. The molecule has 1 aromatic carbocycles. The number of benzene rings is 1. The Bertz CT molecular complexity index is 1130. The second-order valence-electron chi connectivity index (χ2n) is 9.96. The number of alkyl carbamates (subject to hydrolysis) is 1. The number of rotatable bonds is 13. The van der Waals surface area contributed by atoms with E-state index in [1.54, 1.807) is 30.3 Å². The number of hydrogen-bond donors (Lipinski definition) is 5. The second kappa shape index (κ2) is 16.4. The Morgan fingerprint density at radius 3 is 2.29 bits per heavy atom. The van der Waals surface area contributed by atoms with Crippen molar-refractivity contribution in [2.24, 2.45) is 5.92 Å². The van der Waals surface area contributed by atoms with Gasteiger partial charge in [0.25, 0.3) is 5.91 Å². The number of nitrogens with zero attached hydrogens (tertiary/aromatic N) is 1. The molecule has 1 aliphatic rings. The number of halogens is 3. The molecule has 1 fully saturated rings. The van der Waals surface area contributed by atoms with E-state index in [1.807, 2.05) is 19.2 Å². The van der Waals surface area contributed by atoms with Crippen molar-refractivity contribution >= 4 is 70.5 Å². The van der Waals surface area contributed by atoms with E-state index in [0.29, 0.717) is 24.9 Å². The first-order valence-electron chi connectivity index (χ1n) is 13.1. The van der Waals surface area contributed by atoms with Crippen LogP contribution in [0.5, 0.6) is 0 Å². The number of likely N-dealkylation sites (tertiary alicyclic amines) is 1. The first-order chi connectivity index (χ1) is 19.7. The molecule has 1 heterocycles. The fourth-order valence-electron chi connectivity index (χ4n) is 4.11. The van der Waals surface area contributed by atoms with Crippen molar-refractivity contribution in [1.29, 1.82) is 0 Å². The van der Waals surface area contributed by atoms with Gasteiger partial charge in [-0.25, -0.2) is 9.59 Å². The fourth-order valence-corrected chi connectivity index (χ4v) is 4.28. The van der Waals surface area contributed by atoms with Crippen LogP contribution in [0.25, 0.3) is 0 Å². The Morgan fingerprint density at radius 1 is 1.02 bits per heavy atom. The van der Waals surface area contributed by atoms with Gasteiger partial charge in [-0.05, 0) is 37.3 Å². The van der Waals surface area contributed by atoms with E-state index < -0.39 is 70.8 Å². The van der Waals surface area contributed by atoms with Crippen molar-refractivity contribution in [1.82, 2.24) is 26.2 Å². The summed E-state index contributed by atoms with van der Waals surface area (Å²) in [5, 5.41) is 19.1. The van der Waals surface area contributed by atoms with Crippen molar-refractivity contribution < 1.29 is 38.6 Å². The summed E-state index contributed by atoms with van der Waals surface area (Å²) in [5.74, 6) is -3.62. The summed E-state index contributed by atoms with van der Waals surface area (Å²) >= 11 is 16.5. The number of aliphatic carboxylic acids is 1. The highest BCUT2D eigenvalue weighted by molar-refractivity contribution is 6.67. The standard InChI is InChI=1S/C26H34Cl3N5O8/c1-15(2)11-17(22(37)30-12-18(24(39)40)33-25(41)42-14-26(27,28)29)32-23(38)19-9-6-10-34(19)20(35)13-31-21(36)16-7-4-3-5-8-16/h3-5,7-8,15,17-19H,6,9-14H2,1-2H3,(H,30,37)(H,31,36)(H,32,38)(H,33,41)(H,39,40)/t17-,18-,19-/m0/s1. The van der Waals surface area contributed by atoms with Gasteiger partial charge in [-0.2, -0.15) is 0 Å². The lowest BCUT2D eigenvalue weighted by Crippen LogP contribution is -2.56. The molecule has 3 atom stereocenters. The Labute approximate surface area is 257 Å². The Morgan fingerprint density at radius 2 is 1.69 bits per heavy atom. The maximum absolute atomic E-state index is 13.2. The first kappa shape index (κ1) is 34.9. The van der Waals surface area contributed by atoms with Crippen LogP contribution >= 0.6 is 34.8 Å². The second-order valence-corrected chi connectivity index (χ2v) is 12.5. The van der Waals surface area contributed by atoms with Gasteiger partial charge in [-0.3, -0.25) is 19.2 Å².